The molecule has 8 heteroatoms. The number of anilines is 2. The van der Waals surface area contributed by atoms with Crippen LogP contribution in [0.1, 0.15) is 17.5 Å². The molecule has 1 fully saturated rings. The van der Waals surface area contributed by atoms with Crippen LogP contribution in [0.3, 0.4) is 0 Å². The molecule has 0 N–H and O–H groups in total. The molecule has 0 radical (unpaired) electrons. The molecule has 0 unspecified atom stereocenters. The average Bonchev–Trinajstić information content (AvgIpc) is 3.28. The largest absolute Gasteiger partial charge is 0.274 e. The Morgan fingerprint density at radius 3 is 2.40 bits per heavy atom. The van der Waals surface area contributed by atoms with Gasteiger partial charge in [-0.3, -0.25) is 9.69 Å². The lowest BCUT2D eigenvalue weighted by atomic mass is 10.1. The molecule has 1 aliphatic rings. The van der Waals surface area contributed by atoms with Gasteiger partial charge in [0, 0.05) is 10.9 Å². The Morgan fingerprint density at radius 1 is 1.13 bits per heavy atom. The van der Waals surface area contributed by atoms with Crippen molar-refractivity contribution in [3.05, 3.63) is 64.8 Å². The van der Waals surface area contributed by atoms with Crippen LogP contribution < -0.4 is 4.90 Å². The van der Waals surface area contributed by atoms with Crippen molar-refractivity contribution in [1.82, 2.24) is 4.98 Å². The highest BCUT2D eigenvalue weighted by molar-refractivity contribution is 7.91. The molecule has 30 heavy (non-hydrogen) atoms. The van der Waals surface area contributed by atoms with Gasteiger partial charge >= 0.3 is 0 Å². The number of nitrogens with zero attached hydrogens (tertiary/aromatic N) is 2. The molecule has 1 aromatic heterocycles. The minimum Gasteiger partial charge on any atom is -0.274 e. The first-order chi connectivity index (χ1) is 14.2. The van der Waals surface area contributed by atoms with E-state index < -0.39 is 15.8 Å². The number of aromatic nitrogens is 1. The molecule has 3 aromatic rings. The first-order valence-corrected chi connectivity index (χ1v) is 12.3. The summed E-state index contributed by atoms with van der Waals surface area (Å²) in [6, 6.07) is 11.8. The number of amides is 1. The van der Waals surface area contributed by atoms with Crippen LogP contribution in [0.15, 0.2) is 47.8 Å². The Labute approximate surface area is 179 Å². The Morgan fingerprint density at radius 2 is 1.80 bits per heavy atom. The summed E-state index contributed by atoms with van der Waals surface area (Å²) in [5.41, 5.74) is 4.04. The van der Waals surface area contributed by atoms with Crippen molar-refractivity contribution in [2.24, 2.45) is 5.92 Å². The van der Waals surface area contributed by atoms with E-state index in [1.165, 1.54) is 28.4 Å². The molecule has 1 atom stereocenters. The monoisotopic (exact) mass is 444 g/mol. The summed E-state index contributed by atoms with van der Waals surface area (Å²) in [5.74, 6) is -1.29. The lowest BCUT2D eigenvalue weighted by Gasteiger charge is -2.23. The third-order valence-electron chi connectivity index (χ3n) is 5.09. The second-order valence-electron chi connectivity index (χ2n) is 7.64. The van der Waals surface area contributed by atoms with Gasteiger partial charge in [-0.1, -0.05) is 6.07 Å². The number of carbonyl (C=O) groups is 1. The molecule has 1 aliphatic heterocycles. The summed E-state index contributed by atoms with van der Waals surface area (Å²) in [7, 11) is -3.20. The van der Waals surface area contributed by atoms with Crippen LogP contribution in [-0.4, -0.2) is 30.8 Å². The van der Waals surface area contributed by atoms with Crippen molar-refractivity contribution in [2.45, 2.75) is 20.3 Å². The quantitative estimate of drug-likeness (QED) is 0.587. The van der Waals surface area contributed by atoms with Crippen molar-refractivity contribution < 1.29 is 17.6 Å². The molecular formula is C22H21FN2O3S2. The fraction of sp³-hybridized carbons (Fsp3) is 0.273. The van der Waals surface area contributed by atoms with E-state index in [1.807, 2.05) is 37.4 Å². The number of thiazole rings is 1. The molecule has 156 valence electrons. The van der Waals surface area contributed by atoms with Crippen molar-refractivity contribution in [3.8, 4) is 11.3 Å². The Bertz CT molecular complexity index is 1180. The number of carbonyl (C=O) groups excluding carboxylic acids is 1. The molecule has 0 bridgehead atoms. The van der Waals surface area contributed by atoms with Crippen LogP contribution in [0.4, 0.5) is 15.2 Å². The van der Waals surface area contributed by atoms with Gasteiger partial charge in [0.15, 0.2) is 15.0 Å². The molecule has 0 aliphatic carbocycles. The molecule has 2 heterocycles. The second-order valence-corrected chi connectivity index (χ2v) is 10.7. The minimum atomic E-state index is -3.20. The Hall–Kier alpha value is -2.58. The summed E-state index contributed by atoms with van der Waals surface area (Å²) in [4.78, 5) is 19.6. The maximum Gasteiger partial charge on any atom is 0.237 e. The maximum absolute atomic E-state index is 13.4. The second kappa shape index (κ2) is 7.92. The summed E-state index contributed by atoms with van der Waals surface area (Å²) in [6.45, 7) is 3.90. The van der Waals surface area contributed by atoms with Gasteiger partial charge in [0.2, 0.25) is 5.91 Å². The lowest BCUT2D eigenvalue weighted by Crippen LogP contribution is -2.33. The zero-order chi connectivity index (χ0) is 21.5. The molecular weight excluding hydrogens is 423 g/mol. The Balaban J connectivity index is 1.76. The Kier molecular flexibility index (Phi) is 5.46. The standard InChI is InChI=1S/C22H21FN2O3S2/c1-14-9-15(2)11-19(10-14)25(21(26)17-7-8-30(27,28)13-17)22-24-20(12-29-22)16-3-5-18(23)6-4-16/h3-6,9-12,17H,7-8,13H2,1-2H3/t17-/m1/s1. The van der Waals surface area contributed by atoms with E-state index in [2.05, 4.69) is 4.98 Å². The predicted molar refractivity (Wildman–Crippen MR) is 117 cm³/mol. The molecule has 2 aromatic carbocycles. The van der Waals surface area contributed by atoms with E-state index in [1.54, 1.807) is 12.1 Å². The number of aryl methyl sites for hydroxylation is 2. The van der Waals surface area contributed by atoms with Crippen molar-refractivity contribution in [1.29, 1.82) is 0 Å². The highest BCUT2D eigenvalue weighted by atomic mass is 32.2. The van der Waals surface area contributed by atoms with Crippen LogP contribution in [0.25, 0.3) is 11.3 Å². The number of sulfone groups is 1. The third kappa shape index (κ3) is 4.29. The van der Waals surface area contributed by atoms with E-state index in [0.717, 1.165) is 16.7 Å². The van der Waals surface area contributed by atoms with E-state index in [-0.39, 0.29) is 23.2 Å². The number of hydrogen-bond donors (Lipinski definition) is 0. The average molecular weight is 445 g/mol. The first-order valence-electron chi connectivity index (χ1n) is 9.56. The van der Waals surface area contributed by atoms with Gasteiger partial charge in [-0.15, -0.1) is 11.3 Å². The van der Waals surface area contributed by atoms with Crippen LogP contribution in [0, 0.1) is 25.6 Å². The first kappa shape index (κ1) is 20.7. The lowest BCUT2D eigenvalue weighted by molar-refractivity contribution is -0.120. The van der Waals surface area contributed by atoms with Gasteiger partial charge in [-0.2, -0.15) is 0 Å². The number of benzene rings is 2. The molecule has 1 saturated heterocycles. The molecule has 1 amide bonds. The van der Waals surface area contributed by atoms with Gasteiger partial charge in [0.1, 0.15) is 5.82 Å². The van der Waals surface area contributed by atoms with E-state index in [9.17, 15) is 17.6 Å². The van der Waals surface area contributed by atoms with Gasteiger partial charge < -0.3 is 0 Å². The number of hydrogen-bond acceptors (Lipinski definition) is 5. The van der Waals surface area contributed by atoms with Gasteiger partial charge in [0.05, 0.1) is 28.8 Å². The smallest absolute Gasteiger partial charge is 0.237 e. The predicted octanol–water partition coefficient (Wildman–Crippen LogP) is 4.67. The van der Waals surface area contributed by atoms with Crippen molar-refractivity contribution in [2.75, 3.05) is 16.4 Å². The minimum absolute atomic E-state index is 0.0305. The van der Waals surface area contributed by atoms with Crippen LogP contribution in [0.5, 0.6) is 0 Å². The van der Waals surface area contributed by atoms with Crippen LogP contribution in [0.2, 0.25) is 0 Å². The fourth-order valence-electron chi connectivity index (χ4n) is 3.70. The summed E-state index contributed by atoms with van der Waals surface area (Å²) in [5, 5.41) is 2.28. The normalized spacial score (nSPS) is 17.8. The zero-order valence-corrected chi connectivity index (χ0v) is 18.3. The molecule has 0 saturated carbocycles. The molecule has 0 spiro atoms. The zero-order valence-electron chi connectivity index (χ0n) is 16.6. The van der Waals surface area contributed by atoms with Crippen LogP contribution in [-0.2, 0) is 14.6 Å². The van der Waals surface area contributed by atoms with Crippen molar-refractivity contribution in [3.63, 3.8) is 0 Å². The fourth-order valence-corrected chi connectivity index (χ4v) is 6.29. The van der Waals surface area contributed by atoms with E-state index >= 15 is 0 Å². The summed E-state index contributed by atoms with van der Waals surface area (Å²) in [6.07, 6.45) is 0.318. The third-order valence-corrected chi connectivity index (χ3v) is 7.68. The van der Waals surface area contributed by atoms with Crippen molar-refractivity contribution >= 4 is 37.9 Å². The SMILES string of the molecule is Cc1cc(C)cc(N(C(=O)[C@@H]2CCS(=O)(=O)C2)c2nc(-c3ccc(F)cc3)cs2)c1. The number of rotatable bonds is 4. The summed E-state index contributed by atoms with van der Waals surface area (Å²) >= 11 is 1.30. The highest BCUT2D eigenvalue weighted by Crippen LogP contribution is 2.36. The topological polar surface area (TPSA) is 67.3 Å². The maximum atomic E-state index is 13.4. The van der Waals surface area contributed by atoms with E-state index in [0.29, 0.717) is 22.9 Å². The highest BCUT2D eigenvalue weighted by Gasteiger charge is 2.37. The van der Waals surface area contributed by atoms with Gasteiger partial charge in [-0.05, 0) is 67.8 Å². The summed E-state index contributed by atoms with van der Waals surface area (Å²) < 4.78 is 37.2. The van der Waals surface area contributed by atoms with E-state index in [4.69, 9.17) is 0 Å². The molecule has 5 nitrogen and oxygen atoms in total. The molecule has 4 rings (SSSR count). The van der Waals surface area contributed by atoms with Gasteiger partial charge in [0.25, 0.3) is 0 Å². The van der Waals surface area contributed by atoms with Gasteiger partial charge in [-0.25, -0.2) is 17.8 Å². The number of halogens is 1. The van der Waals surface area contributed by atoms with Crippen LogP contribution >= 0.6 is 11.3 Å².